The second-order valence-electron chi connectivity index (χ2n) is 5.45. The molecule has 1 N–H and O–H groups in total. The smallest absolute Gasteiger partial charge is 0.146 e. The second kappa shape index (κ2) is 5.02. The summed E-state index contributed by atoms with van der Waals surface area (Å²) in [5.74, 6) is 0.909. The maximum atomic E-state index is 6.22. The van der Waals surface area contributed by atoms with E-state index in [9.17, 15) is 0 Å². The van der Waals surface area contributed by atoms with Crippen LogP contribution in [0.5, 0.6) is 5.75 Å². The molecule has 1 aliphatic heterocycles. The molecule has 0 fully saturated rings. The highest BCUT2D eigenvalue weighted by Gasteiger charge is 2.24. The molecule has 3 rings (SSSR count). The zero-order chi connectivity index (χ0) is 14.3. The van der Waals surface area contributed by atoms with Crippen molar-refractivity contribution < 1.29 is 4.74 Å². The molecule has 20 heavy (non-hydrogen) atoms. The highest BCUT2D eigenvalue weighted by Crippen LogP contribution is 2.39. The van der Waals surface area contributed by atoms with Crippen LogP contribution >= 0.6 is 11.6 Å². The predicted octanol–water partition coefficient (Wildman–Crippen LogP) is 4.81. The summed E-state index contributed by atoms with van der Waals surface area (Å²) in [5.41, 5.74) is 5.81. The van der Waals surface area contributed by atoms with Gasteiger partial charge in [0.25, 0.3) is 0 Å². The summed E-state index contributed by atoms with van der Waals surface area (Å²) >= 11 is 6.09. The van der Waals surface area contributed by atoms with Crippen molar-refractivity contribution in [2.24, 2.45) is 0 Å². The van der Waals surface area contributed by atoms with Crippen LogP contribution in [0, 0.1) is 20.8 Å². The third-order valence-electron chi connectivity index (χ3n) is 3.76. The number of aryl methyl sites for hydroxylation is 3. The van der Waals surface area contributed by atoms with Gasteiger partial charge in [-0.05, 0) is 49.6 Å². The molecule has 2 nitrogen and oxygen atoms in total. The van der Waals surface area contributed by atoms with Gasteiger partial charge in [-0.2, -0.15) is 0 Å². The van der Waals surface area contributed by atoms with Crippen molar-refractivity contribution >= 4 is 17.3 Å². The highest BCUT2D eigenvalue weighted by molar-refractivity contribution is 6.31. The zero-order valence-electron chi connectivity index (χ0n) is 12.0. The first-order valence-electron chi connectivity index (χ1n) is 6.82. The first kappa shape index (κ1) is 13.3. The summed E-state index contributed by atoms with van der Waals surface area (Å²) in [7, 11) is 0. The van der Waals surface area contributed by atoms with Gasteiger partial charge in [-0.3, -0.25) is 0 Å². The fraction of sp³-hybridized carbons (Fsp3) is 0.294. The Morgan fingerprint density at radius 1 is 1.10 bits per heavy atom. The van der Waals surface area contributed by atoms with Crippen LogP contribution in [0.1, 0.15) is 28.4 Å². The average Bonchev–Trinajstić information content (AvgIpc) is 2.41. The van der Waals surface area contributed by atoms with Gasteiger partial charge in [-0.15, -0.1) is 0 Å². The number of fused-ring (bicyclic) bond motifs is 1. The lowest BCUT2D eigenvalue weighted by atomic mass is 9.99. The quantitative estimate of drug-likeness (QED) is 0.812. The van der Waals surface area contributed by atoms with Gasteiger partial charge in [0.15, 0.2) is 0 Å². The molecule has 1 heterocycles. The Bertz CT molecular complexity index is 666. The molecule has 0 radical (unpaired) electrons. The van der Waals surface area contributed by atoms with Crippen LogP contribution in [0.4, 0.5) is 5.69 Å². The summed E-state index contributed by atoms with van der Waals surface area (Å²) in [5, 5.41) is 4.17. The van der Waals surface area contributed by atoms with Crippen molar-refractivity contribution in [1.29, 1.82) is 0 Å². The van der Waals surface area contributed by atoms with Crippen molar-refractivity contribution in [2.45, 2.75) is 26.9 Å². The van der Waals surface area contributed by atoms with E-state index >= 15 is 0 Å². The van der Waals surface area contributed by atoms with Gasteiger partial charge in [0.1, 0.15) is 11.9 Å². The fourth-order valence-electron chi connectivity index (χ4n) is 2.68. The monoisotopic (exact) mass is 287 g/mol. The van der Waals surface area contributed by atoms with Gasteiger partial charge < -0.3 is 10.1 Å². The molecule has 0 saturated carbocycles. The molecule has 104 valence electrons. The van der Waals surface area contributed by atoms with Crippen LogP contribution in [0.15, 0.2) is 30.3 Å². The summed E-state index contributed by atoms with van der Waals surface area (Å²) in [6, 6.07) is 10.3. The Labute approximate surface area is 124 Å². The van der Waals surface area contributed by atoms with Gasteiger partial charge in [0.05, 0.1) is 12.2 Å². The van der Waals surface area contributed by atoms with E-state index in [1.54, 1.807) is 0 Å². The molecule has 0 spiro atoms. The predicted molar refractivity (Wildman–Crippen MR) is 84.0 cm³/mol. The standard InChI is InChI=1S/C17H18ClNO/c1-10-4-5-11(2)14(6-10)16-9-19-15-8-13(18)7-12(3)17(15)20-16/h4-8,16,19H,9H2,1-3H3. The van der Waals surface area contributed by atoms with Crippen molar-refractivity contribution in [3.05, 3.63) is 57.6 Å². The van der Waals surface area contributed by atoms with Crippen molar-refractivity contribution in [3.63, 3.8) is 0 Å². The molecule has 0 aliphatic carbocycles. The molecule has 0 aromatic heterocycles. The van der Waals surface area contributed by atoms with E-state index in [1.807, 2.05) is 19.1 Å². The van der Waals surface area contributed by atoms with Gasteiger partial charge in [0, 0.05) is 5.02 Å². The van der Waals surface area contributed by atoms with E-state index in [4.69, 9.17) is 16.3 Å². The molecule has 1 aliphatic rings. The van der Waals surface area contributed by atoms with Gasteiger partial charge in [-0.1, -0.05) is 35.4 Å². The van der Waals surface area contributed by atoms with E-state index in [0.717, 1.165) is 28.6 Å². The van der Waals surface area contributed by atoms with Crippen LogP contribution in [0.2, 0.25) is 5.02 Å². The molecule has 2 aromatic carbocycles. The molecule has 2 aromatic rings. The number of benzene rings is 2. The van der Waals surface area contributed by atoms with Crippen LogP contribution in [-0.4, -0.2) is 6.54 Å². The van der Waals surface area contributed by atoms with E-state index < -0.39 is 0 Å². The minimum Gasteiger partial charge on any atom is -0.481 e. The topological polar surface area (TPSA) is 21.3 Å². The lowest BCUT2D eigenvalue weighted by molar-refractivity contribution is 0.208. The minimum absolute atomic E-state index is 0.0438. The van der Waals surface area contributed by atoms with E-state index in [2.05, 4.69) is 37.4 Å². The largest absolute Gasteiger partial charge is 0.481 e. The molecule has 1 unspecified atom stereocenters. The fourth-order valence-corrected chi connectivity index (χ4v) is 2.96. The Kier molecular flexibility index (Phi) is 3.35. The molecule has 1 atom stereocenters. The van der Waals surface area contributed by atoms with Crippen LogP contribution in [0.3, 0.4) is 0 Å². The number of hydrogen-bond donors (Lipinski definition) is 1. The second-order valence-corrected chi connectivity index (χ2v) is 5.88. The summed E-state index contributed by atoms with van der Waals surface area (Å²) in [4.78, 5) is 0. The number of nitrogens with one attached hydrogen (secondary N) is 1. The number of ether oxygens (including phenoxy) is 1. The number of hydrogen-bond acceptors (Lipinski definition) is 2. The summed E-state index contributed by atoms with van der Waals surface area (Å²) in [6.45, 7) is 7.02. The Hall–Kier alpha value is -1.67. The van der Waals surface area contributed by atoms with E-state index in [-0.39, 0.29) is 6.10 Å². The van der Waals surface area contributed by atoms with Crippen LogP contribution < -0.4 is 10.1 Å². The number of anilines is 1. The zero-order valence-corrected chi connectivity index (χ0v) is 12.7. The third kappa shape index (κ3) is 2.36. The number of rotatable bonds is 1. The van der Waals surface area contributed by atoms with Gasteiger partial charge in [0.2, 0.25) is 0 Å². The normalized spacial score (nSPS) is 17.1. The molecular formula is C17H18ClNO. The first-order valence-corrected chi connectivity index (χ1v) is 7.20. The van der Waals surface area contributed by atoms with Crippen LogP contribution in [-0.2, 0) is 0 Å². The summed E-state index contributed by atoms with van der Waals surface area (Å²) in [6.07, 6.45) is 0.0438. The lowest BCUT2D eigenvalue weighted by Crippen LogP contribution is -2.24. The Morgan fingerprint density at radius 2 is 1.90 bits per heavy atom. The van der Waals surface area contributed by atoms with Gasteiger partial charge >= 0.3 is 0 Å². The summed E-state index contributed by atoms with van der Waals surface area (Å²) < 4.78 is 6.22. The maximum absolute atomic E-state index is 6.22. The van der Waals surface area contributed by atoms with E-state index in [1.165, 1.54) is 16.7 Å². The van der Waals surface area contributed by atoms with Crippen molar-refractivity contribution in [1.82, 2.24) is 0 Å². The molecule has 0 saturated heterocycles. The highest BCUT2D eigenvalue weighted by atomic mass is 35.5. The average molecular weight is 288 g/mol. The minimum atomic E-state index is 0.0438. The number of halogens is 1. The van der Waals surface area contributed by atoms with E-state index in [0.29, 0.717) is 0 Å². The van der Waals surface area contributed by atoms with Crippen molar-refractivity contribution in [2.75, 3.05) is 11.9 Å². The van der Waals surface area contributed by atoms with Crippen molar-refractivity contribution in [3.8, 4) is 5.75 Å². The maximum Gasteiger partial charge on any atom is 0.146 e. The Morgan fingerprint density at radius 3 is 2.70 bits per heavy atom. The molecule has 0 bridgehead atoms. The lowest BCUT2D eigenvalue weighted by Gasteiger charge is -2.30. The van der Waals surface area contributed by atoms with Crippen LogP contribution in [0.25, 0.3) is 0 Å². The third-order valence-corrected chi connectivity index (χ3v) is 3.98. The SMILES string of the molecule is Cc1ccc(C)c(C2CNc3cc(Cl)cc(C)c3O2)c1. The first-order chi connectivity index (χ1) is 9.54. The van der Waals surface area contributed by atoms with Gasteiger partial charge in [-0.25, -0.2) is 0 Å². The molecule has 3 heteroatoms. The Balaban J connectivity index is 1.98. The molecular weight excluding hydrogens is 270 g/mol. The molecule has 0 amide bonds.